The Morgan fingerprint density at radius 1 is 1.07 bits per heavy atom. The van der Waals surface area contributed by atoms with Crippen molar-refractivity contribution in [2.75, 3.05) is 0 Å². The van der Waals surface area contributed by atoms with Gasteiger partial charge in [0.05, 0.1) is 16.3 Å². The average molecular weight is 399 g/mol. The first-order valence-corrected chi connectivity index (χ1v) is 9.88. The maximum absolute atomic E-state index is 13.7. The summed E-state index contributed by atoms with van der Waals surface area (Å²) < 4.78 is 28.3. The van der Waals surface area contributed by atoms with Crippen LogP contribution in [-0.4, -0.2) is 24.7 Å². The highest BCUT2D eigenvalue weighted by molar-refractivity contribution is 7.99. The molecule has 0 saturated heterocycles. The summed E-state index contributed by atoms with van der Waals surface area (Å²) >= 11 is 1.30. The minimum absolute atomic E-state index is 0.305. The van der Waals surface area contributed by atoms with Gasteiger partial charge < -0.3 is 0 Å². The number of rotatable bonds is 6. The van der Waals surface area contributed by atoms with Crippen molar-refractivity contribution in [2.45, 2.75) is 37.2 Å². The van der Waals surface area contributed by atoms with E-state index in [0.29, 0.717) is 27.8 Å². The van der Waals surface area contributed by atoms with Crippen molar-refractivity contribution >= 4 is 22.8 Å². The molecular weight excluding hydrogens is 380 g/mol. The number of aryl methyl sites for hydroxylation is 1. The molecule has 2 heterocycles. The Kier molecular flexibility index (Phi) is 5.13. The summed E-state index contributed by atoms with van der Waals surface area (Å²) in [6.45, 7) is 1.27. The molecule has 4 aromatic rings. The molecule has 144 valence electrons. The number of aromatic amines is 1. The summed E-state index contributed by atoms with van der Waals surface area (Å²) in [5.41, 5.74) is 3.16. The quantitative estimate of drug-likeness (QED) is 0.427. The molecule has 0 spiro atoms. The number of imidazole rings is 1. The Hall–Kier alpha value is -2.74. The Morgan fingerprint density at radius 3 is 2.54 bits per heavy atom. The summed E-state index contributed by atoms with van der Waals surface area (Å²) in [6, 6.07) is 15.0. The van der Waals surface area contributed by atoms with E-state index < -0.39 is 6.55 Å². The third-order valence-electron chi connectivity index (χ3n) is 4.56. The van der Waals surface area contributed by atoms with Gasteiger partial charge in [-0.15, -0.1) is 5.10 Å². The van der Waals surface area contributed by atoms with Gasteiger partial charge in [0.2, 0.25) is 5.16 Å². The molecular formula is C20H19F2N5S. The number of alkyl halides is 2. The molecule has 2 aromatic carbocycles. The molecule has 0 fully saturated rings. The van der Waals surface area contributed by atoms with E-state index in [1.54, 1.807) is 24.3 Å². The lowest BCUT2D eigenvalue weighted by Gasteiger charge is -2.12. The minimum atomic E-state index is -2.66. The number of hydrogen-bond acceptors (Lipinski definition) is 4. The first-order valence-electron chi connectivity index (χ1n) is 9.00. The van der Waals surface area contributed by atoms with Gasteiger partial charge in [-0.05, 0) is 31.0 Å². The second-order valence-electron chi connectivity index (χ2n) is 6.38. The third kappa shape index (κ3) is 3.52. The average Bonchev–Trinajstić information content (AvgIpc) is 3.32. The van der Waals surface area contributed by atoms with Crippen molar-refractivity contribution in [1.82, 2.24) is 24.7 Å². The van der Waals surface area contributed by atoms with Gasteiger partial charge >= 0.3 is 6.55 Å². The molecule has 8 heteroatoms. The lowest BCUT2D eigenvalue weighted by molar-refractivity contribution is 0.0715. The van der Waals surface area contributed by atoms with Crippen molar-refractivity contribution in [1.29, 1.82) is 0 Å². The molecule has 0 radical (unpaired) electrons. The van der Waals surface area contributed by atoms with Gasteiger partial charge in [-0.3, -0.25) is 9.67 Å². The summed E-state index contributed by atoms with van der Waals surface area (Å²) in [5.74, 6) is 0.958. The van der Waals surface area contributed by atoms with Crippen LogP contribution in [0.25, 0.3) is 22.4 Å². The Balaban J connectivity index is 1.59. The minimum Gasteiger partial charge on any atom is -0.269 e. The largest absolute Gasteiger partial charge is 0.320 e. The van der Waals surface area contributed by atoms with Crippen molar-refractivity contribution in [2.24, 2.45) is 0 Å². The molecule has 1 N–H and O–H groups in total. The van der Waals surface area contributed by atoms with Crippen LogP contribution in [0.2, 0.25) is 0 Å². The van der Waals surface area contributed by atoms with E-state index >= 15 is 0 Å². The van der Waals surface area contributed by atoms with Crippen molar-refractivity contribution < 1.29 is 8.78 Å². The van der Waals surface area contributed by atoms with Crippen LogP contribution in [0.15, 0.2) is 53.7 Å². The third-order valence-corrected chi connectivity index (χ3v) is 5.52. The molecule has 1 atom stereocenters. The topological polar surface area (TPSA) is 59.4 Å². The number of H-pyrrole nitrogens is 1. The Labute approximate surface area is 165 Å². The van der Waals surface area contributed by atoms with Gasteiger partial charge in [-0.2, -0.15) is 8.78 Å². The second kappa shape index (κ2) is 7.71. The summed E-state index contributed by atoms with van der Waals surface area (Å²) in [7, 11) is 0. The second-order valence-corrected chi connectivity index (χ2v) is 7.69. The van der Waals surface area contributed by atoms with E-state index in [1.165, 1.54) is 17.3 Å². The van der Waals surface area contributed by atoms with Crippen LogP contribution < -0.4 is 0 Å². The van der Waals surface area contributed by atoms with E-state index in [2.05, 4.69) is 39.2 Å². The van der Waals surface area contributed by atoms with Crippen LogP contribution in [0.4, 0.5) is 8.78 Å². The van der Waals surface area contributed by atoms with Crippen LogP contribution in [0.5, 0.6) is 0 Å². The molecule has 5 nitrogen and oxygen atoms in total. The highest BCUT2D eigenvalue weighted by Crippen LogP contribution is 2.36. The van der Waals surface area contributed by atoms with E-state index in [0.717, 1.165) is 16.6 Å². The highest BCUT2D eigenvalue weighted by Gasteiger charge is 2.23. The fourth-order valence-electron chi connectivity index (χ4n) is 3.09. The molecule has 0 saturated carbocycles. The lowest BCUT2D eigenvalue weighted by Crippen LogP contribution is -2.06. The number of fused-ring (bicyclic) bond motifs is 1. The number of nitrogens with zero attached hydrogens (tertiary/aromatic N) is 4. The smallest absolute Gasteiger partial charge is 0.269 e. The number of nitrogens with one attached hydrogen (secondary N) is 1. The fraction of sp³-hybridized carbons (Fsp3) is 0.250. The zero-order valence-electron chi connectivity index (χ0n) is 15.4. The number of benzene rings is 2. The monoisotopic (exact) mass is 399 g/mol. The van der Waals surface area contributed by atoms with Crippen LogP contribution in [-0.2, 0) is 6.42 Å². The standard InChI is InChI=1S/C20H19F2N5S/c1-3-13-8-10-14(11-9-13)17-24-20(26-25-17)28-12(2)18-23-15-6-4-5-7-16(15)27(18)19(21)22/h4-12,19H,3H2,1-2H3,(H,24,25,26). The number of thioether (sulfide) groups is 1. The lowest BCUT2D eigenvalue weighted by atomic mass is 10.1. The van der Waals surface area contributed by atoms with Crippen molar-refractivity contribution in [3.63, 3.8) is 0 Å². The molecule has 0 amide bonds. The van der Waals surface area contributed by atoms with Crippen molar-refractivity contribution in [3.8, 4) is 11.4 Å². The Bertz CT molecular complexity index is 1090. The van der Waals surface area contributed by atoms with Gasteiger partial charge in [-0.1, -0.05) is 55.1 Å². The maximum Gasteiger partial charge on any atom is 0.320 e. The number of para-hydroxylation sites is 2. The molecule has 0 aliphatic rings. The summed E-state index contributed by atoms with van der Waals surface area (Å²) in [6.07, 6.45) is 0.973. The first kappa shape index (κ1) is 18.6. The molecule has 0 aliphatic carbocycles. The number of hydrogen-bond donors (Lipinski definition) is 1. The van der Waals surface area contributed by atoms with Gasteiger partial charge in [0.15, 0.2) is 5.82 Å². The van der Waals surface area contributed by atoms with Crippen LogP contribution >= 0.6 is 11.8 Å². The van der Waals surface area contributed by atoms with Gasteiger partial charge in [0.25, 0.3) is 0 Å². The van der Waals surface area contributed by atoms with E-state index in [-0.39, 0.29) is 5.25 Å². The number of halogens is 2. The van der Waals surface area contributed by atoms with Gasteiger partial charge in [0, 0.05) is 5.56 Å². The molecule has 2 aromatic heterocycles. The van der Waals surface area contributed by atoms with E-state index in [9.17, 15) is 8.78 Å². The van der Waals surface area contributed by atoms with Crippen LogP contribution in [0.3, 0.4) is 0 Å². The molecule has 1 unspecified atom stereocenters. The van der Waals surface area contributed by atoms with Gasteiger partial charge in [-0.25, -0.2) is 9.97 Å². The van der Waals surface area contributed by atoms with E-state index in [4.69, 9.17) is 0 Å². The first-order chi connectivity index (χ1) is 13.6. The molecule has 28 heavy (non-hydrogen) atoms. The maximum atomic E-state index is 13.7. The summed E-state index contributed by atoms with van der Waals surface area (Å²) in [4.78, 5) is 8.91. The van der Waals surface area contributed by atoms with Crippen molar-refractivity contribution in [3.05, 3.63) is 59.9 Å². The van der Waals surface area contributed by atoms with Gasteiger partial charge in [0.1, 0.15) is 5.82 Å². The summed E-state index contributed by atoms with van der Waals surface area (Å²) in [5, 5.41) is 7.31. The predicted octanol–water partition coefficient (Wildman–Crippen LogP) is 5.63. The normalized spacial score (nSPS) is 12.8. The highest BCUT2D eigenvalue weighted by atomic mass is 32.2. The Morgan fingerprint density at radius 2 is 1.82 bits per heavy atom. The fourth-order valence-corrected chi connectivity index (χ4v) is 3.92. The van der Waals surface area contributed by atoms with Crippen LogP contribution in [0.1, 0.15) is 37.0 Å². The molecule has 0 aliphatic heterocycles. The van der Waals surface area contributed by atoms with Crippen LogP contribution in [0, 0.1) is 0 Å². The molecule has 4 rings (SSSR count). The SMILES string of the molecule is CCc1ccc(-c2nc(SC(C)c3nc4ccccc4n3C(F)F)n[nH]2)cc1. The zero-order valence-corrected chi connectivity index (χ0v) is 16.3. The predicted molar refractivity (Wildman–Crippen MR) is 106 cm³/mol. The van der Waals surface area contributed by atoms with E-state index in [1.807, 2.05) is 19.1 Å². The molecule has 0 bridgehead atoms. The number of aromatic nitrogens is 5. The zero-order chi connectivity index (χ0) is 19.7.